The molecule has 2 N–H and O–H groups in total. The summed E-state index contributed by atoms with van der Waals surface area (Å²) < 4.78 is 2.21. The van der Waals surface area contributed by atoms with Gasteiger partial charge in [-0.2, -0.15) is 5.26 Å². The zero-order chi connectivity index (χ0) is 20.1. The van der Waals surface area contributed by atoms with Crippen molar-refractivity contribution in [3.8, 4) is 6.19 Å². The SMILES string of the molecule is N#CNC(=Nc1ccc(NC(=O)CC2CCCC2)cc1)N1CCn2cccc2C1. The average Bonchev–Trinajstić information content (AvgIpc) is 3.40. The first-order valence-electron chi connectivity index (χ1n) is 10.2. The molecule has 0 radical (unpaired) electrons. The minimum absolute atomic E-state index is 0.0799. The predicted octanol–water partition coefficient (Wildman–Crippen LogP) is 3.58. The number of hydrogen-bond donors (Lipinski definition) is 2. The summed E-state index contributed by atoms with van der Waals surface area (Å²) in [5, 5.41) is 14.8. The van der Waals surface area contributed by atoms with Crippen molar-refractivity contribution >= 4 is 23.2 Å². The Morgan fingerprint density at radius 1 is 1.17 bits per heavy atom. The van der Waals surface area contributed by atoms with Crippen LogP contribution in [0.3, 0.4) is 0 Å². The van der Waals surface area contributed by atoms with Gasteiger partial charge >= 0.3 is 0 Å². The molecule has 7 heteroatoms. The summed E-state index contributed by atoms with van der Waals surface area (Å²) in [5.74, 6) is 1.15. The first-order chi connectivity index (χ1) is 14.2. The maximum atomic E-state index is 12.2. The lowest BCUT2D eigenvalue weighted by atomic mass is 10.0. The van der Waals surface area contributed by atoms with E-state index in [2.05, 4.69) is 37.4 Å². The average molecular weight is 390 g/mol. The van der Waals surface area contributed by atoms with Crippen LogP contribution in [0.5, 0.6) is 0 Å². The number of carbonyl (C=O) groups excluding carboxylic acids is 1. The molecule has 1 fully saturated rings. The van der Waals surface area contributed by atoms with E-state index in [4.69, 9.17) is 5.26 Å². The van der Waals surface area contributed by atoms with Crippen molar-refractivity contribution in [2.24, 2.45) is 10.9 Å². The van der Waals surface area contributed by atoms with Gasteiger partial charge in [-0.1, -0.05) is 12.8 Å². The molecular weight excluding hydrogens is 364 g/mol. The van der Waals surface area contributed by atoms with E-state index in [1.54, 1.807) is 0 Å². The van der Waals surface area contributed by atoms with Crippen LogP contribution in [0.4, 0.5) is 11.4 Å². The second-order valence-electron chi connectivity index (χ2n) is 7.74. The first kappa shape index (κ1) is 19.1. The lowest BCUT2D eigenvalue weighted by Gasteiger charge is -2.30. The van der Waals surface area contributed by atoms with Gasteiger partial charge in [0, 0.05) is 37.1 Å². The number of carbonyl (C=O) groups is 1. The maximum absolute atomic E-state index is 12.2. The van der Waals surface area contributed by atoms with E-state index in [0.717, 1.165) is 37.3 Å². The largest absolute Gasteiger partial charge is 0.348 e. The van der Waals surface area contributed by atoms with E-state index in [0.29, 0.717) is 24.8 Å². The van der Waals surface area contributed by atoms with E-state index in [-0.39, 0.29) is 5.91 Å². The highest BCUT2D eigenvalue weighted by molar-refractivity contribution is 5.91. The van der Waals surface area contributed by atoms with Gasteiger partial charge in [-0.25, -0.2) is 4.99 Å². The highest BCUT2D eigenvalue weighted by Crippen LogP contribution is 2.28. The number of fused-ring (bicyclic) bond motifs is 1. The van der Waals surface area contributed by atoms with Crippen LogP contribution in [0.25, 0.3) is 0 Å². The van der Waals surface area contributed by atoms with Gasteiger partial charge in [0.25, 0.3) is 0 Å². The fourth-order valence-electron chi connectivity index (χ4n) is 4.15. The summed E-state index contributed by atoms with van der Waals surface area (Å²) in [5.41, 5.74) is 2.71. The summed E-state index contributed by atoms with van der Waals surface area (Å²) in [6, 6.07) is 11.5. The maximum Gasteiger partial charge on any atom is 0.224 e. The van der Waals surface area contributed by atoms with Crippen molar-refractivity contribution in [3.05, 3.63) is 48.3 Å². The second-order valence-corrected chi connectivity index (χ2v) is 7.74. The molecular formula is C22H26N6O. The van der Waals surface area contributed by atoms with Crippen molar-refractivity contribution in [1.82, 2.24) is 14.8 Å². The Morgan fingerprint density at radius 2 is 1.97 bits per heavy atom. The molecule has 2 aromatic rings. The van der Waals surface area contributed by atoms with Crippen LogP contribution in [-0.4, -0.2) is 27.9 Å². The molecule has 150 valence electrons. The molecule has 7 nitrogen and oxygen atoms in total. The van der Waals surface area contributed by atoms with Gasteiger partial charge in [-0.05, 0) is 55.2 Å². The third kappa shape index (κ3) is 4.77. The quantitative estimate of drug-likeness (QED) is 0.362. The van der Waals surface area contributed by atoms with Crippen LogP contribution in [0.1, 0.15) is 37.8 Å². The van der Waals surface area contributed by atoms with E-state index < -0.39 is 0 Å². The van der Waals surface area contributed by atoms with E-state index in [1.807, 2.05) is 36.5 Å². The summed E-state index contributed by atoms with van der Waals surface area (Å²) >= 11 is 0. The highest BCUT2D eigenvalue weighted by Gasteiger charge is 2.20. The molecule has 0 spiro atoms. The molecule has 1 aromatic heterocycles. The van der Waals surface area contributed by atoms with Crippen molar-refractivity contribution < 1.29 is 4.79 Å². The third-order valence-electron chi connectivity index (χ3n) is 5.69. The van der Waals surface area contributed by atoms with Gasteiger partial charge in [-0.15, -0.1) is 0 Å². The van der Waals surface area contributed by atoms with Crippen molar-refractivity contribution in [2.75, 3.05) is 11.9 Å². The Labute approximate surface area is 171 Å². The molecule has 1 aromatic carbocycles. The van der Waals surface area contributed by atoms with Gasteiger partial charge in [0.15, 0.2) is 6.19 Å². The van der Waals surface area contributed by atoms with Crippen LogP contribution in [0.2, 0.25) is 0 Å². The molecule has 2 heterocycles. The molecule has 1 aliphatic carbocycles. The minimum Gasteiger partial charge on any atom is -0.348 e. The normalized spacial score (nSPS) is 16.9. The van der Waals surface area contributed by atoms with Gasteiger partial charge in [-0.3, -0.25) is 10.1 Å². The lowest BCUT2D eigenvalue weighted by Crippen LogP contribution is -2.43. The van der Waals surface area contributed by atoms with E-state index in [9.17, 15) is 4.79 Å². The van der Waals surface area contributed by atoms with E-state index >= 15 is 0 Å². The summed E-state index contributed by atoms with van der Waals surface area (Å²) in [6.45, 7) is 2.35. The Hall–Kier alpha value is -3.27. The number of amides is 1. The summed E-state index contributed by atoms with van der Waals surface area (Å²) in [4.78, 5) is 18.9. The van der Waals surface area contributed by atoms with Crippen molar-refractivity contribution in [3.63, 3.8) is 0 Å². The summed E-state index contributed by atoms with van der Waals surface area (Å²) in [6.07, 6.45) is 9.48. The van der Waals surface area contributed by atoms with Crippen molar-refractivity contribution in [2.45, 2.75) is 45.2 Å². The van der Waals surface area contributed by atoms with Crippen LogP contribution in [0, 0.1) is 17.4 Å². The monoisotopic (exact) mass is 390 g/mol. The van der Waals surface area contributed by atoms with Crippen LogP contribution >= 0.6 is 0 Å². The molecule has 0 unspecified atom stereocenters. The second kappa shape index (κ2) is 8.82. The number of hydrogen-bond acceptors (Lipinski definition) is 3. The predicted molar refractivity (Wildman–Crippen MR) is 112 cm³/mol. The van der Waals surface area contributed by atoms with Crippen LogP contribution in [-0.2, 0) is 17.9 Å². The third-order valence-corrected chi connectivity index (χ3v) is 5.69. The molecule has 4 rings (SSSR count). The topological polar surface area (TPSA) is 85.4 Å². The molecule has 0 saturated heterocycles. The zero-order valence-corrected chi connectivity index (χ0v) is 16.5. The fourth-order valence-corrected chi connectivity index (χ4v) is 4.15. The van der Waals surface area contributed by atoms with E-state index in [1.165, 1.54) is 18.5 Å². The molecule has 2 aliphatic rings. The zero-order valence-electron chi connectivity index (χ0n) is 16.5. The van der Waals surface area contributed by atoms with Crippen LogP contribution < -0.4 is 10.6 Å². The number of nitriles is 1. The number of anilines is 1. The number of aliphatic imine (C=N–C) groups is 1. The number of aromatic nitrogens is 1. The van der Waals surface area contributed by atoms with Crippen LogP contribution in [0.15, 0.2) is 47.6 Å². The van der Waals surface area contributed by atoms with Crippen molar-refractivity contribution in [1.29, 1.82) is 5.26 Å². The van der Waals surface area contributed by atoms with Gasteiger partial charge in [0.2, 0.25) is 11.9 Å². The highest BCUT2D eigenvalue weighted by atomic mass is 16.1. The molecule has 0 bridgehead atoms. The summed E-state index contributed by atoms with van der Waals surface area (Å²) in [7, 11) is 0. The molecule has 1 saturated carbocycles. The van der Waals surface area contributed by atoms with Gasteiger partial charge in [0.05, 0.1) is 12.2 Å². The molecule has 0 atom stereocenters. The fraction of sp³-hybridized carbons (Fsp3) is 0.409. The van der Waals surface area contributed by atoms with Gasteiger partial charge < -0.3 is 14.8 Å². The molecule has 1 amide bonds. The number of guanidine groups is 1. The lowest BCUT2D eigenvalue weighted by molar-refractivity contribution is -0.117. The Balaban J connectivity index is 1.40. The minimum atomic E-state index is 0.0799. The number of rotatable bonds is 4. The number of nitrogens with zero attached hydrogens (tertiary/aromatic N) is 4. The molecule has 29 heavy (non-hydrogen) atoms. The first-order valence-corrected chi connectivity index (χ1v) is 10.2. The Morgan fingerprint density at radius 3 is 2.72 bits per heavy atom. The number of benzene rings is 1. The molecule has 1 aliphatic heterocycles. The Bertz CT molecular complexity index is 918. The smallest absolute Gasteiger partial charge is 0.224 e. The van der Waals surface area contributed by atoms with Gasteiger partial charge in [0.1, 0.15) is 0 Å². The Kier molecular flexibility index (Phi) is 5.80. The standard InChI is InChI=1S/C22H26N6O/c23-16-24-22(28-13-12-27-11-3-6-20(27)15-28)26-19-9-7-18(8-10-19)25-21(29)14-17-4-1-2-5-17/h3,6-11,17H,1-2,4-5,12-15H2,(H,24,26)(H,25,29). The number of nitrogens with one attached hydrogen (secondary N) is 2.